The highest BCUT2D eigenvalue weighted by molar-refractivity contribution is 7.07. The number of allylic oxidation sites excluding steroid dienone is 2. The number of carbonyl (C=O) groups excluding carboxylic acids is 1. The molecular weight excluding hydrogens is 436 g/mol. The monoisotopic (exact) mass is 460 g/mol. The van der Waals surface area contributed by atoms with Crippen molar-refractivity contribution in [2.24, 2.45) is 4.99 Å². The first-order valence-corrected chi connectivity index (χ1v) is 11.4. The van der Waals surface area contributed by atoms with Gasteiger partial charge in [-0.25, -0.2) is 9.79 Å². The van der Waals surface area contributed by atoms with Crippen molar-refractivity contribution in [2.45, 2.75) is 19.9 Å². The van der Waals surface area contributed by atoms with Gasteiger partial charge in [0, 0.05) is 0 Å². The zero-order valence-corrected chi connectivity index (χ0v) is 19.5. The molecule has 0 saturated carbocycles. The molecule has 0 N–H and O–H groups in total. The second-order valence-corrected chi connectivity index (χ2v) is 8.38. The Labute approximate surface area is 195 Å². The minimum absolute atomic E-state index is 0.202. The molecular formula is C26H24N2O4S. The zero-order chi connectivity index (χ0) is 23.4. The van der Waals surface area contributed by atoms with Crippen molar-refractivity contribution < 1.29 is 14.3 Å². The van der Waals surface area contributed by atoms with Crippen LogP contribution in [-0.4, -0.2) is 24.3 Å². The number of esters is 1. The molecule has 0 saturated heterocycles. The summed E-state index contributed by atoms with van der Waals surface area (Å²) < 4.78 is 12.7. The highest BCUT2D eigenvalue weighted by Gasteiger charge is 2.33. The topological polar surface area (TPSA) is 69.9 Å². The van der Waals surface area contributed by atoms with Crippen LogP contribution in [0.2, 0.25) is 0 Å². The van der Waals surface area contributed by atoms with Crippen LogP contribution in [0.25, 0.3) is 12.2 Å². The van der Waals surface area contributed by atoms with Crippen molar-refractivity contribution in [1.82, 2.24) is 4.57 Å². The molecule has 0 unspecified atom stereocenters. The third-order valence-electron chi connectivity index (χ3n) is 5.28. The van der Waals surface area contributed by atoms with Gasteiger partial charge in [0.1, 0.15) is 5.75 Å². The summed E-state index contributed by atoms with van der Waals surface area (Å²) >= 11 is 1.30. The number of carbonyl (C=O) groups is 1. The molecule has 1 aromatic heterocycles. The Hall–Kier alpha value is -3.71. The highest BCUT2D eigenvalue weighted by Crippen LogP contribution is 2.31. The zero-order valence-electron chi connectivity index (χ0n) is 18.6. The van der Waals surface area contributed by atoms with Crippen LogP contribution >= 0.6 is 11.3 Å². The third kappa shape index (κ3) is 4.59. The summed E-state index contributed by atoms with van der Waals surface area (Å²) in [6.07, 6.45) is 5.57. The number of fused-ring (bicyclic) bond motifs is 1. The lowest BCUT2D eigenvalue weighted by Crippen LogP contribution is -2.39. The molecule has 6 nitrogen and oxygen atoms in total. The highest BCUT2D eigenvalue weighted by atomic mass is 32.1. The minimum Gasteiger partial charge on any atom is -0.497 e. The summed E-state index contributed by atoms with van der Waals surface area (Å²) in [6.45, 7) is 3.76. The predicted molar refractivity (Wildman–Crippen MR) is 130 cm³/mol. The predicted octanol–water partition coefficient (Wildman–Crippen LogP) is 3.47. The molecule has 33 heavy (non-hydrogen) atoms. The summed E-state index contributed by atoms with van der Waals surface area (Å²) in [4.78, 5) is 31.4. The van der Waals surface area contributed by atoms with E-state index in [1.165, 1.54) is 11.3 Å². The normalized spacial score (nSPS) is 16.0. The molecule has 1 aliphatic rings. The number of methoxy groups -OCH3 is 1. The standard InChI is InChI=1S/C26H24N2O4S/c1-4-32-25(30)22-17(2)27-26-28(23(22)19-13-15-20(31-3)16-14-19)24(29)21(33-26)12-8-11-18-9-6-5-7-10-18/h5-16,23H,4H2,1-3H3/b11-8+,21-12+/t23-/m0/s1. The van der Waals surface area contributed by atoms with Gasteiger partial charge in [-0.05, 0) is 43.2 Å². The van der Waals surface area contributed by atoms with Crippen molar-refractivity contribution in [1.29, 1.82) is 0 Å². The van der Waals surface area contributed by atoms with Crippen LogP contribution in [0.3, 0.4) is 0 Å². The lowest BCUT2D eigenvalue weighted by Gasteiger charge is -2.24. The molecule has 2 heterocycles. The molecule has 1 atom stereocenters. The van der Waals surface area contributed by atoms with Gasteiger partial charge in [-0.2, -0.15) is 0 Å². The van der Waals surface area contributed by atoms with E-state index >= 15 is 0 Å². The number of hydrogen-bond donors (Lipinski definition) is 0. The summed E-state index contributed by atoms with van der Waals surface area (Å²) in [5.41, 5.74) is 2.52. The number of thiazole rings is 1. The quantitative estimate of drug-likeness (QED) is 0.528. The van der Waals surface area contributed by atoms with Gasteiger partial charge in [0.15, 0.2) is 4.80 Å². The Morgan fingerprint density at radius 1 is 1.15 bits per heavy atom. The Morgan fingerprint density at radius 2 is 1.88 bits per heavy atom. The van der Waals surface area contributed by atoms with Gasteiger partial charge in [-0.1, -0.05) is 66.0 Å². The van der Waals surface area contributed by atoms with Crippen LogP contribution in [0.4, 0.5) is 0 Å². The molecule has 0 amide bonds. The van der Waals surface area contributed by atoms with Gasteiger partial charge in [-0.3, -0.25) is 9.36 Å². The van der Waals surface area contributed by atoms with Crippen molar-refractivity contribution in [2.75, 3.05) is 13.7 Å². The molecule has 0 bridgehead atoms. The maximum absolute atomic E-state index is 13.4. The van der Waals surface area contributed by atoms with Crippen LogP contribution in [0, 0.1) is 0 Å². The minimum atomic E-state index is -0.633. The second kappa shape index (κ2) is 9.83. The number of benzene rings is 2. The largest absolute Gasteiger partial charge is 0.497 e. The number of hydrogen-bond acceptors (Lipinski definition) is 6. The average molecular weight is 461 g/mol. The Bertz CT molecular complexity index is 1400. The number of ether oxygens (including phenoxy) is 2. The summed E-state index contributed by atoms with van der Waals surface area (Å²) in [7, 11) is 1.59. The van der Waals surface area contributed by atoms with Gasteiger partial charge < -0.3 is 9.47 Å². The van der Waals surface area contributed by atoms with Crippen LogP contribution in [0.15, 0.2) is 81.7 Å². The Morgan fingerprint density at radius 3 is 2.55 bits per heavy atom. The van der Waals surface area contributed by atoms with E-state index in [1.54, 1.807) is 31.6 Å². The van der Waals surface area contributed by atoms with E-state index in [2.05, 4.69) is 4.99 Å². The third-order valence-corrected chi connectivity index (χ3v) is 6.29. The molecule has 0 radical (unpaired) electrons. The first kappa shape index (κ1) is 22.5. The van der Waals surface area contributed by atoms with E-state index in [4.69, 9.17) is 9.47 Å². The molecule has 0 aliphatic carbocycles. The lowest BCUT2D eigenvalue weighted by molar-refractivity contribution is -0.139. The summed E-state index contributed by atoms with van der Waals surface area (Å²) in [6, 6.07) is 16.6. The maximum atomic E-state index is 13.4. The smallest absolute Gasteiger partial charge is 0.338 e. The SMILES string of the molecule is CCOC(=O)C1=C(C)N=c2s/c(=C/C=C/c3ccccc3)c(=O)n2[C@H]1c1ccc(OC)cc1. The Kier molecular flexibility index (Phi) is 6.70. The second-order valence-electron chi connectivity index (χ2n) is 7.37. The summed E-state index contributed by atoms with van der Waals surface area (Å²) in [5.74, 6) is 0.216. The first-order chi connectivity index (χ1) is 16.0. The molecule has 3 aromatic rings. The van der Waals surface area contributed by atoms with E-state index in [1.807, 2.05) is 66.7 Å². The molecule has 1 aliphatic heterocycles. The van der Waals surface area contributed by atoms with Gasteiger partial charge in [0.25, 0.3) is 5.56 Å². The fourth-order valence-electron chi connectivity index (χ4n) is 3.72. The molecule has 168 valence electrons. The van der Waals surface area contributed by atoms with Gasteiger partial charge >= 0.3 is 5.97 Å². The van der Waals surface area contributed by atoms with Crippen LogP contribution in [0.1, 0.15) is 31.0 Å². The lowest BCUT2D eigenvalue weighted by atomic mass is 9.96. The van der Waals surface area contributed by atoms with Crippen LogP contribution < -0.4 is 19.6 Å². The fourth-order valence-corrected chi connectivity index (χ4v) is 4.72. The van der Waals surface area contributed by atoms with Crippen LogP contribution in [-0.2, 0) is 9.53 Å². The van der Waals surface area contributed by atoms with Gasteiger partial charge in [0.2, 0.25) is 0 Å². The van der Waals surface area contributed by atoms with Crippen molar-refractivity contribution in [3.63, 3.8) is 0 Å². The number of rotatable bonds is 6. The van der Waals surface area contributed by atoms with E-state index in [0.29, 0.717) is 26.4 Å². The molecule has 7 heteroatoms. The van der Waals surface area contributed by atoms with Crippen molar-refractivity contribution >= 4 is 29.5 Å². The van der Waals surface area contributed by atoms with E-state index in [0.717, 1.165) is 11.1 Å². The van der Waals surface area contributed by atoms with Crippen molar-refractivity contribution in [3.8, 4) is 5.75 Å². The molecule has 0 fully saturated rings. The van der Waals surface area contributed by atoms with Gasteiger partial charge in [0.05, 0.1) is 35.6 Å². The van der Waals surface area contributed by atoms with E-state index in [9.17, 15) is 9.59 Å². The van der Waals surface area contributed by atoms with Crippen LogP contribution in [0.5, 0.6) is 5.75 Å². The molecule has 2 aromatic carbocycles. The summed E-state index contributed by atoms with van der Waals surface area (Å²) in [5, 5.41) is 0. The average Bonchev–Trinajstić information content (AvgIpc) is 3.13. The fraction of sp³-hybridized carbons (Fsp3) is 0.192. The van der Waals surface area contributed by atoms with E-state index < -0.39 is 12.0 Å². The molecule has 0 spiro atoms. The first-order valence-electron chi connectivity index (χ1n) is 10.6. The molecule has 4 rings (SSSR count). The van der Waals surface area contributed by atoms with Gasteiger partial charge in [-0.15, -0.1) is 0 Å². The maximum Gasteiger partial charge on any atom is 0.338 e. The van der Waals surface area contributed by atoms with E-state index in [-0.39, 0.29) is 12.2 Å². The van der Waals surface area contributed by atoms with Crippen molar-refractivity contribution in [3.05, 3.63) is 103 Å². The number of aromatic nitrogens is 1. The number of nitrogens with zero attached hydrogens (tertiary/aromatic N) is 2. The Balaban J connectivity index is 1.85.